The number of rotatable bonds is 4. The van der Waals surface area contributed by atoms with E-state index in [1.165, 1.54) is 18.5 Å². The van der Waals surface area contributed by atoms with Gasteiger partial charge in [0.2, 0.25) is 0 Å². The molecular weight excluding hydrogens is 300 g/mol. The number of aromatic nitrogens is 1. The van der Waals surface area contributed by atoms with Gasteiger partial charge in [0.15, 0.2) is 5.82 Å². The molecule has 21 heavy (non-hydrogen) atoms. The third-order valence-corrected chi connectivity index (χ3v) is 2.98. The Balaban J connectivity index is 2.31. The van der Waals surface area contributed by atoms with Crippen molar-refractivity contribution >= 4 is 28.9 Å². The molecule has 0 saturated carbocycles. The molecule has 4 nitrogen and oxygen atoms in total. The minimum Gasteiger partial charge on any atom is -0.383 e. The van der Waals surface area contributed by atoms with Crippen LogP contribution in [0.3, 0.4) is 0 Å². The van der Waals surface area contributed by atoms with Gasteiger partial charge >= 0.3 is 0 Å². The second-order valence-electron chi connectivity index (χ2n) is 4.15. The molecule has 7 heteroatoms. The lowest BCUT2D eigenvalue weighted by Crippen LogP contribution is -2.16. The molecule has 0 saturated heterocycles. The van der Waals surface area contributed by atoms with Gasteiger partial charge in [0.25, 0.3) is 5.91 Å². The number of pyridine rings is 1. The monoisotopic (exact) mass is 311 g/mol. The third kappa shape index (κ3) is 3.46. The highest BCUT2D eigenvalue weighted by molar-refractivity contribution is 6.34. The smallest absolute Gasteiger partial charge is 0.257 e. The predicted octanol–water partition coefficient (Wildman–Crippen LogP) is 3.70. The SMILES string of the molecule is CCNc1cnccc1C(=O)Nc1c(F)cc(F)cc1Cl. The summed E-state index contributed by atoms with van der Waals surface area (Å²) in [6, 6.07) is 3.07. The fourth-order valence-electron chi connectivity index (χ4n) is 1.77. The average Bonchev–Trinajstić information content (AvgIpc) is 2.43. The molecule has 2 aromatic rings. The summed E-state index contributed by atoms with van der Waals surface area (Å²) in [7, 11) is 0. The summed E-state index contributed by atoms with van der Waals surface area (Å²) < 4.78 is 26.6. The van der Waals surface area contributed by atoms with Crippen molar-refractivity contribution in [3.05, 3.63) is 52.8 Å². The summed E-state index contributed by atoms with van der Waals surface area (Å²) in [6.07, 6.45) is 2.93. The molecule has 2 N–H and O–H groups in total. The zero-order chi connectivity index (χ0) is 15.4. The zero-order valence-corrected chi connectivity index (χ0v) is 11.8. The van der Waals surface area contributed by atoms with E-state index in [9.17, 15) is 13.6 Å². The summed E-state index contributed by atoms with van der Waals surface area (Å²) in [5.74, 6) is -2.32. The summed E-state index contributed by atoms with van der Waals surface area (Å²) >= 11 is 5.74. The number of hydrogen-bond donors (Lipinski definition) is 2. The fraction of sp³-hybridized carbons (Fsp3) is 0.143. The van der Waals surface area contributed by atoms with Crippen molar-refractivity contribution in [1.82, 2.24) is 4.98 Å². The maximum Gasteiger partial charge on any atom is 0.257 e. The van der Waals surface area contributed by atoms with Gasteiger partial charge in [0.05, 0.1) is 28.2 Å². The van der Waals surface area contributed by atoms with Gasteiger partial charge in [0, 0.05) is 18.8 Å². The van der Waals surface area contributed by atoms with E-state index in [1.807, 2.05) is 6.92 Å². The maximum absolute atomic E-state index is 13.7. The molecule has 1 aromatic heterocycles. The van der Waals surface area contributed by atoms with Gasteiger partial charge in [-0.05, 0) is 19.1 Å². The van der Waals surface area contributed by atoms with Crippen molar-refractivity contribution < 1.29 is 13.6 Å². The lowest BCUT2D eigenvalue weighted by molar-refractivity contribution is 0.102. The Hall–Kier alpha value is -2.21. The van der Waals surface area contributed by atoms with Crippen LogP contribution in [0.4, 0.5) is 20.2 Å². The molecule has 0 radical (unpaired) electrons. The van der Waals surface area contributed by atoms with Crippen molar-refractivity contribution in [3.63, 3.8) is 0 Å². The lowest BCUT2D eigenvalue weighted by Gasteiger charge is -2.12. The summed E-state index contributed by atoms with van der Waals surface area (Å²) in [6.45, 7) is 2.46. The largest absolute Gasteiger partial charge is 0.383 e. The van der Waals surface area contributed by atoms with Crippen LogP contribution in [0, 0.1) is 11.6 Å². The normalized spacial score (nSPS) is 10.3. The Bertz CT molecular complexity index is 656. The Morgan fingerprint density at radius 3 is 2.81 bits per heavy atom. The van der Waals surface area contributed by atoms with E-state index >= 15 is 0 Å². The molecule has 0 atom stereocenters. The highest BCUT2D eigenvalue weighted by Crippen LogP contribution is 2.27. The number of halogens is 3. The molecule has 0 unspecified atom stereocenters. The fourth-order valence-corrected chi connectivity index (χ4v) is 2.01. The Morgan fingerprint density at radius 2 is 2.14 bits per heavy atom. The number of carbonyl (C=O) groups excluding carboxylic acids is 1. The van der Waals surface area contributed by atoms with E-state index < -0.39 is 17.5 Å². The van der Waals surface area contributed by atoms with Gasteiger partial charge in [0.1, 0.15) is 5.82 Å². The lowest BCUT2D eigenvalue weighted by atomic mass is 10.2. The first-order valence-corrected chi connectivity index (χ1v) is 6.54. The predicted molar refractivity (Wildman–Crippen MR) is 77.7 cm³/mol. The topological polar surface area (TPSA) is 54.0 Å². The van der Waals surface area contributed by atoms with E-state index in [2.05, 4.69) is 15.6 Å². The molecule has 2 rings (SSSR count). The summed E-state index contributed by atoms with van der Waals surface area (Å²) in [5.41, 5.74) is 0.533. The van der Waals surface area contributed by atoms with Crippen LogP contribution >= 0.6 is 11.6 Å². The van der Waals surface area contributed by atoms with Crippen molar-refractivity contribution in [1.29, 1.82) is 0 Å². The number of amides is 1. The van der Waals surface area contributed by atoms with E-state index in [4.69, 9.17) is 11.6 Å². The molecule has 0 aliphatic rings. The minimum absolute atomic E-state index is 0.208. The van der Waals surface area contributed by atoms with Gasteiger partial charge in [-0.3, -0.25) is 9.78 Å². The van der Waals surface area contributed by atoms with E-state index in [0.717, 1.165) is 6.07 Å². The van der Waals surface area contributed by atoms with Crippen molar-refractivity contribution in [2.75, 3.05) is 17.2 Å². The molecule has 0 aliphatic heterocycles. The van der Waals surface area contributed by atoms with Crippen LogP contribution in [0.1, 0.15) is 17.3 Å². The highest BCUT2D eigenvalue weighted by atomic mass is 35.5. The van der Waals surface area contributed by atoms with Gasteiger partial charge in [-0.1, -0.05) is 11.6 Å². The molecule has 1 aromatic carbocycles. The molecule has 0 spiro atoms. The molecule has 1 amide bonds. The zero-order valence-electron chi connectivity index (χ0n) is 11.1. The standard InChI is InChI=1S/C14H12ClF2N3O/c1-2-19-12-7-18-4-3-9(12)14(21)20-13-10(15)5-8(16)6-11(13)17/h3-7,19H,2H2,1H3,(H,20,21). The number of carbonyl (C=O) groups is 1. The van der Waals surface area contributed by atoms with Crippen LogP contribution in [0.5, 0.6) is 0 Å². The second kappa shape index (κ2) is 6.49. The molecular formula is C14H12ClF2N3O. The Kier molecular flexibility index (Phi) is 4.70. The number of nitrogens with one attached hydrogen (secondary N) is 2. The van der Waals surface area contributed by atoms with Crippen LogP contribution < -0.4 is 10.6 Å². The summed E-state index contributed by atoms with van der Waals surface area (Å²) in [5, 5.41) is 5.10. The van der Waals surface area contributed by atoms with Gasteiger partial charge in [-0.2, -0.15) is 0 Å². The Labute approximate surface area is 125 Å². The van der Waals surface area contributed by atoms with Crippen molar-refractivity contribution in [2.45, 2.75) is 6.92 Å². The molecule has 0 fully saturated rings. The first kappa shape index (κ1) is 15.2. The highest BCUT2D eigenvalue weighted by Gasteiger charge is 2.16. The first-order chi connectivity index (χ1) is 10.0. The van der Waals surface area contributed by atoms with Gasteiger partial charge in [-0.25, -0.2) is 8.78 Å². The Morgan fingerprint density at radius 1 is 1.38 bits per heavy atom. The maximum atomic E-state index is 13.7. The minimum atomic E-state index is -0.938. The molecule has 1 heterocycles. The number of benzene rings is 1. The third-order valence-electron chi connectivity index (χ3n) is 2.68. The van der Waals surface area contributed by atoms with Crippen LogP contribution in [0.25, 0.3) is 0 Å². The van der Waals surface area contributed by atoms with Crippen LogP contribution in [0.15, 0.2) is 30.6 Å². The quantitative estimate of drug-likeness (QED) is 0.905. The van der Waals surface area contributed by atoms with E-state index in [-0.39, 0.29) is 16.3 Å². The summed E-state index contributed by atoms with van der Waals surface area (Å²) in [4.78, 5) is 16.1. The van der Waals surface area contributed by atoms with Crippen LogP contribution in [0.2, 0.25) is 5.02 Å². The average molecular weight is 312 g/mol. The molecule has 0 bridgehead atoms. The molecule has 110 valence electrons. The van der Waals surface area contributed by atoms with E-state index in [1.54, 1.807) is 0 Å². The molecule has 0 aliphatic carbocycles. The number of hydrogen-bond acceptors (Lipinski definition) is 3. The van der Waals surface area contributed by atoms with Crippen LogP contribution in [-0.4, -0.2) is 17.4 Å². The van der Waals surface area contributed by atoms with Gasteiger partial charge in [-0.15, -0.1) is 0 Å². The number of anilines is 2. The second-order valence-corrected chi connectivity index (χ2v) is 4.56. The van der Waals surface area contributed by atoms with Crippen molar-refractivity contribution in [3.8, 4) is 0 Å². The number of nitrogens with zero attached hydrogens (tertiary/aromatic N) is 1. The van der Waals surface area contributed by atoms with Crippen LogP contribution in [-0.2, 0) is 0 Å². The van der Waals surface area contributed by atoms with Crippen molar-refractivity contribution in [2.24, 2.45) is 0 Å². The van der Waals surface area contributed by atoms with Gasteiger partial charge < -0.3 is 10.6 Å². The van der Waals surface area contributed by atoms with E-state index in [0.29, 0.717) is 18.3 Å². The first-order valence-electron chi connectivity index (χ1n) is 6.16.